The van der Waals surface area contributed by atoms with E-state index in [-0.39, 0.29) is 17.4 Å². The summed E-state index contributed by atoms with van der Waals surface area (Å²) in [6, 6.07) is 8.70. The number of hydrogen-bond donors (Lipinski definition) is 1. The summed E-state index contributed by atoms with van der Waals surface area (Å²) in [5.74, 6) is -0.436. The van der Waals surface area contributed by atoms with Crippen LogP contribution in [0, 0.1) is 5.82 Å². The average molecular weight is 365 g/mol. The van der Waals surface area contributed by atoms with E-state index in [1.165, 1.54) is 6.07 Å². The number of aromatic nitrogens is 3. The molecule has 4 nitrogen and oxygen atoms in total. The average Bonchev–Trinajstić information content (AvgIpc) is 2.97. The molecule has 0 radical (unpaired) electrons. The molecule has 7 heteroatoms. The normalized spacial score (nSPS) is 13.2. The second kappa shape index (κ2) is 6.89. The zero-order valence-corrected chi connectivity index (χ0v) is 14.2. The van der Waals surface area contributed by atoms with Crippen LogP contribution in [0.1, 0.15) is 5.69 Å². The minimum absolute atomic E-state index is 0. The highest BCUT2D eigenvalue weighted by atomic mass is 35.5. The molecule has 0 unspecified atom stereocenters. The molecule has 0 atom stereocenters. The smallest absolute Gasteiger partial charge is 0.142 e. The molecule has 0 saturated carbocycles. The van der Waals surface area contributed by atoms with E-state index in [1.807, 2.05) is 16.8 Å². The van der Waals surface area contributed by atoms with Crippen molar-refractivity contribution >= 4 is 24.0 Å². The maximum absolute atomic E-state index is 13.9. The SMILES string of the molecule is Cl.Fc1cc(-c2nn3c(c2-c2ccncc2)CNCC3)ccc1Cl. The van der Waals surface area contributed by atoms with Gasteiger partial charge in [0.25, 0.3) is 0 Å². The Morgan fingerprint density at radius 3 is 2.67 bits per heavy atom. The lowest BCUT2D eigenvalue weighted by Crippen LogP contribution is -2.28. The van der Waals surface area contributed by atoms with E-state index in [4.69, 9.17) is 16.7 Å². The monoisotopic (exact) mass is 364 g/mol. The first-order valence-corrected chi connectivity index (χ1v) is 7.78. The lowest BCUT2D eigenvalue weighted by molar-refractivity contribution is 0.477. The fourth-order valence-corrected chi connectivity index (χ4v) is 3.04. The molecule has 0 saturated heterocycles. The summed E-state index contributed by atoms with van der Waals surface area (Å²) in [7, 11) is 0. The van der Waals surface area contributed by atoms with Crippen LogP contribution in [0.2, 0.25) is 5.02 Å². The van der Waals surface area contributed by atoms with Crippen molar-refractivity contribution in [2.24, 2.45) is 0 Å². The molecule has 0 aliphatic carbocycles. The number of benzene rings is 1. The molecule has 3 heterocycles. The van der Waals surface area contributed by atoms with E-state index in [1.54, 1.807) is 24.5 Å². The summed E-state index contributed by atoms with van der Waals surface area (Å²) in [6.07, 6.45) is 3.50. The van der Waals surface area contributed by atoms with Crippen molar-refractivity contribution in [2.45, 2.75) is 13.1 Å². The number of hydrogen-bond acceptors (Lipinski definition) is 3. The molecule has 0 fully saturated rings. The number of nitrogens with one attached hydrogen (secondary N) is 1. The molecular formula is C17H15Cl2FN4. The van der Waals surface area contributed by atoms with Gasteiger partial charge in [-0.05, 0) is 29.8 Å². The van der Waals surface area contributed by atoms with Crippen LogP contribution in [0.15, 0.2) is 42.7 Å². The quantitative estimate of drug-likeness (QED) is 0.748. The van der Waals surface area contributed by atoms with Gasteiger partial charge in [0.05, 0.1) is 17.3 Å². The first kappa shape index (κ1) is 16.9. The second-order valence-corrected chi connectivity index (χ2v) is 5.84. The summed E-state index contributed by atoms with van der Waals surface area (Å²) >= 11 is 5.81. The van der Waals surface area contributed by atoms with Crippen LogP contribution in [0.4, 0.5) is 4.39 Å². The Balaban J connectivity index is 0.00000169. The lowest BCUT2D eigenvalue weighted by Gasteiger charge is -2.16. The molecule has 0 spiro atoms. The van der Waals surface area contributed by atoms with Crippen LogP contribution in [0.5, 0.6) is 0 Å². The van der Waals surface area contributed by atoms with Crippen LogP contribution in [0.3, 0.4) is 0 Å². The summed E-state index contributed by atoms with van der Waals surface area (Å²) < 4.78 is 15.9. The molecule has 0 amide bonds. The molecule has 0 bridgehead atoms. The van der Waals surface area contributed by atoms with Gasteiger partial charge in [-0.3, -0.25) is 9.67 Å². The van der Waals surface area contributed by atoms with Crippen molar-refractivity contribution in [3.63, 3.8) is 0 Å². The van der Waals surface area contributed by atoms with E-state index >= 15 is 0 Å². The largest absolute Gasteiger partial charge is 0.309 e. The van der Waals surface area contributed by atoms with Gasteiger partial charge in [-0.15, -0.1) is 12.4 Å². The number of halogens is 3. The van der Waals surface area contributed by atoms with E-state index in [9.17, 15) is 4.39 Å². The summed E-state index contributed by atoms with van der Waals surface area (Å²) in [4.78, 5) is 4.08. The van der Waals surface area contributed by atoms with Gasteiger partial charge < -0.3 is 5.32 Å². The Morgan fingerprint density at radius 2 is 1.92 bits per heavy atom. The van der Waals surface area contributed by atoms with Crippen molar-refractivity contribution in [1.29, 1.82) is 0 Å². The highest BCUT2D eigenvalue weighted by Gasteiger charge is 2.22. The van der Waals surface area contributed by atoms with Crippen LogP contribution in [0.25, 0.3) is 22.4 Å². The lowest BCUT2D eigenvalue weighted by atomic mass is 9.99. The predicted molar refractivity (Wildman–Crippen MR) is 94.8 cm³/mol. The Morgan fingerprint density at radius 1 is 1.12 bits per heavy atom. The maximum atomic E-state index is 13.9. The highest BCUT2D eigenvalue weighted by molar-refractivity contribution is 6.30. The summed E-state index contributed by atoms with van der Waals surface area (Å²) in [5, 5.41) is 8.19. The van der Waals surface area contributed by atoms with Gasteiger partial charge in [0.2, 0.25) is 0 Å². The first-order valence-electron chi connectivity index (χ1n) is 7.40. The van der Waals surface area contributed by atoms with Gasteiger partial charge in [0.15, 0.2) is 0 Å². The van der Waals surface area contributed by atoms with Crippen LogP contribution in [-0.4, -0.2) is 21.3 Å². The first-order chi connectivity index (χ1) is 11.2. The van der Waals surface area contributed by atoms with Crippen LogP contribution < -0.4 is 5.32 Å². The van der Waals surface area contributed by atoms with Gasteiger partial charge in [0.1, 0.15) is 11.5 Å². The van der Waals surface area contributed by atoms with Crippen molar-refractivity contribution < 1.29 is 4.39 Å². The van der Waals surface area contributed by atoms with Gasteiger partial charge in [-0.25, -0.2) is 4.39 Å². The number of rotatable bonds is 2. The zero-order chi connectivity index (χ0) is 15.8. The fraction of sp³-hybridized carbons (Fsp3) is 0.176. The molecular weight excluding hydrogens is 350 g/mol. The molecule has 1 aliphatic rings. The maximum Gasteiger partial charge on any atom is 0.142 e. The van der Waals surface area contributed by atoms with E-state index in [2.05, 4.69) is 10.3 Å². The Bertz CT molecular complexity index is 865. The molecule has 124 valence electrons. The van der Waals surface area contributed by atoms with Crippen molar-refractivity contribution in [2.75, 3.05) is 6.54 Å². The van der Waals surface area contributed by atoms with Crippen LogP contribution in [-0.2, 0) is 13.1 Å². The van der Waals surface area contributed by atoms with Crippen molar-refractivity contribution in [1.82, 2.24) is 20.1 Å². The van der Waals surface area contributed by atoms with Gasteiger partial charge in [-0.2, -0.15) is 5.10 Å². The molecule has 4 rings (SSSR count). The zero-order valence-electron chi connectivity index (χ0n) is 12.7. The number of pyridine rings is 1. The summed E-state index contributed by atoms with van der Waals surface area (Å²) in [5.41, 5.74) is 4.63. The van der Waals surface area contributed by atoms with Crippen LogP contribution >= 0.6 is 24.0 Å². The van der Waals surface area contributed by atoms with E-state index in [0.717, 1.165) is 47.7 Å². The minimum atomic E-state index is -0.436. The minimum Gasteiger partial charge on any atom is -0.309 e. The number of fused-ring (bicyclic) bond motifs is 1. The fourth-order valence-electron chi connectivity index (χ4n) is 2.92. The molecule has 2 aromatic heterocycles. The molecule has 24 heavy (non-hydrogen) atoms. The van der Waals surface area contributed by atoms with Gasteiger partial charge >= 0.3 is 0 Å². The van der Waals surface area contributed by atoms with E-state index < -0.39 is 5.82 Å². The van der Waals surface area contributed by atoms with Crippen molar-refractivity contribution in [3.8, 4) is 22.4 Å². The topological polar surface area (TPSA) is 42.7 Å². The Kier molecular flexibility index (Phi) is 4.85. The number of nitrogens with zero attached hydrogens (tertiary/aromatic N) is 3. The third-order valence-electron chi connectivity index (χ3n) is 4.01. The third kappa shape index (κ3) is 2.90. The molecule has 1 N–H and O–H groups in total. The van der Waals surface area contributed by atoms with Gasteiger partial charge in [0, 0.05) is 36.6 Å². The van der Waals surface area contributed by atoms with Gasteiger partial charge in [-0.1, -0.05) is 17.7 Å². The van der Waals surface area contributed by atoms with Crippen molar-refractivity contribution in [3.05, 3.63) is 59.3 Å². The van der Waals surface area contributed by atoms with E-state index in [0.29, 0.717) is 0 Å². The molecule has 3 aromatic rings. The standard InChI is InChI=1S/C17H14ClFN4.ClH/c18-13-2-1-12(9-14(13)19)17-16(11-3-5-20-6-4-11)15-10-21-7-8-23(15)22-17;/h1-6,9,21H,7-8,10H2;1H. The second-order valence-electron chi connectivity index (χ2n) is 5.43. The Labute approximate surface area is 150 Å². The Hall–Kier alpha value is -1.95. The predicted octanol–water partition coefficient (Wildman–Crippen LogP) is 3.93. The highest BCUT2D eigenvalue weighted by Crippen LogP contribution is 2.36. The molecule has 1 aliphatic heterocycles. The summed E-state index contributed by atoms with van der Waals surface area (Å²) in [6.45, 7) is 2.41. The molecule has 1 aromatic carbocycles. The third-order valence-corrected chi connectivity index (χ3v) is 4.32.